The molecule has 0 saturated carbocycles. The molecule has 1 heterocycles. The van der Waals surface area contributed by atoms with E-state index in [1.165, 1.54) is 12.1 Å². The Labute approximate surface area is 111 Å². The maximum atomic E-state index is 13.4. The van der Waals surface area contributed by atoms with E-state index in [1.807, 2.05) is 0 Å². The highest BCUT2D eigenvalue weighted by molar-refractivity contribution is 9.10. The van der Waals surface area contributed by atoms with Crippen LogP contribution >= 0.6 is 15.9 Å². The van der Waals surface area contributed by atoms with Crippen molar-refractivity contribution in [3.8, 4) is 11.5 Å². The van der Waals surface area contributed by atoms with Gasteiger partial charge >= 0.3 is 5.97 Å². The Morgan fingerprint density at radius 3 is 2.78 bits per heavy atom. The highest BCUT2D eigenvalue weighted by atomic mass is 79.9. The molecule has 94 valence electrons. The number of carbonyl (C=O) groups is 1. The van der Waals surface area contributed by atoms with Crippen molar-refractivity contribution in [3.05, 3.63) is 39.9 Å². The second-order valence-corrected chi connectivity index (χ2v) is 4.44. The first-order chi connectivity index (χ1) is 8.52. The summed E-state index contributed by atoms with van der Waals surface area (Å²) in [6, 6.07) is 4.35. The number of carboxylic acids is 1. The number of hydrogen-bond donors (Lipinski definition) is 1. The lowest BCUT2D eigenvalue weighted by atomic mass is 10.2. The third kappa shape index (κ3) is 2.28. The molecule has 6 heteroatoms. The summed E-state index contributed by atoms with van der Waals surface area (Å²) < 4.78 is 18.9. The third-order valence-corrected chi connectivity index (χ3v) is 3.04. The number of benzene rings is 1. The minimum atomic E-state index is -1.18. The lowest BCUT2D eigenvalue weighted by Crippen LogP contribution is -1.98. The first-order valence-electron chi connectivity index (χ1n) is 5.21. The van der Waals surface area contributed by atoms with E-state index >= 15 is 0 Å². The van der Waals surface area contributed by atoms with Crippen LogP contribution in [-0.2, 0) is 6.42 Å². The molecule has 0 amide bonds. The van der Waals surface area contributed by atoms with Crippen molar-refractivity contribution in [2.75, 3.05) is 0 Å². The molecular formula is C12H9BrFNO3. The van der Waals surface area contributed by atoms with E-state index < -0.39 is 11.8 Å². The largest absolute Gasteiger partial charge is 0.475 e. The smallest absolute Gasteiger partial charge is 0.373 e. The van der Waals surface area contributed by atoms with Gasteiger partial charge in [0.2, 0.25) is 11.7 Å². The molecule has 2 aromatic rings. The molecule has 0 aliphatic heterocycles. The van der Waals surface area contributed by atoms with Gasteiger partial charge in [-0.15, -0.1) is 0 Å². The second kappa shape index (κ2) is 4.89. The molecule has 0 unspecified atom stereocenters. The van der Waals surface area contributed by atoms with Gasteiger partial charge in [0, 0.05) is 5.56 Å². The Morgan fingerprint density at radius 2 is 2.28 bits per heavy atom. The zero-order chi connectivity index (χ0) is 13.3. The normalized spacial score (nSPS) is 10.6. The molecule has 0 spiro atoms. The topological polar surface area (TPSA) is 63.3 Å². The number of rotatable bonds is 3. The third-order valence-electron chi connectivity index (χ3n) is 2.39. The number of hydrogen-bond acceptors (Lipinski definition) is 3. The number of aromatic nitrogens is 1. The van der Waals surface area contributed by atoms with E-state index in [4.69, 9.17) is 9.52 Å². The van der Waals surface area contributed by atoms with Gasteiger partial charge in [-0.05, 0) is 40.5 Å². The summed E-state index contributed by atoms with van der Waals surface area (Å²) in [5.74, 6) is -1.73. The SMILES string of the molecule is CCc1nc(-c2ccc(Br)c(F)c2)oc1C(=O)O. The van der Waals surface area contributed by atoms with E-state index in [0.29, 0.717) is 22.2 Å². The van der Waals surface area contributed by atoms with Gasteiger partial charge in [-0.25, -0.2) is 14.2 Å². The molecule has 1 N–H and O–H groups in total. The highest BCUT2D eigenvalue weighted by Crippen LogP contribution is 2.26. The number of oxazole rings is 1. The van der Waals surface area contributed by atoms with Gasteiger partial charge in [0.1, 0.15) is 5.82 Å². The van der Waals surface area contributed by atoms with Crippen LogP contribution in [0.1, 0.15) is 23.2 Å². The molecule has 0 bridgehead atoms. The van der Waals surface area contributed by atoms with E-state index in [9.17, 15) is 9.18 Å². The van der Waals surface area contributed by atoms with Crippen LogP contribution < -0.4 is 0 Å². The summed E-state index contributed by atoms with van der Waals surface area (Å²) in [5.41, 5.74) is 0.749. The van der Waals surface area contributed by atoms with Crippen LogP contribution in [0.25, 0.3) is 11.5 Å². The van der Waals surface area contributed by atoms with Crippen LogP contribution in [0.15, 0.2) is 27.1 Å². The van der Waals surface area contributed by atoms with Crippen molar-refractivity contribution < 1.29 is 18.7 Å². The van der Waals surface area contributed by atoms with E-state index in [0.717, 1.165) is 0 Å². The molecule has 4 nitrogen and oxygen atoms in total. The molecule has 0 aliphatic rings. The zero-order valence-electron chi connectivity index (χ0n) is 9.41. The number of nitrogens with zero attached hydrogens (tertiary/aromatic N) is 1. The molecule has 18 heavy (non-hydrogen) atoms. The summed E-state index contributed by atoms with van der Waals surface area (Å²) >= 11 is 3.04. The quantitative estimate of drug-likeness (QED) is 0.942. The predicted molar refractivity (Wildman–Crippen MR) is 65.9 cm³/mol. The molecule has 0 fully saturated rings. The Bertz CT molecular complexity index is 609. The van der Waals surface area contributed by atoms with E-state index in [2.05, 4.69) is 20.9 Å². The van der Waals surface area contributed by atoms with Crippen LogP contribution in [0.4, 0.5) is 4.39 Å². The van der Waals surface area contributed by atoms with Gasteiger partial charge in [0.25, 0.3) is 0 Å². The summed E-state index contributed by atoms with van der Waals surface area (Å²) in [6.07, 6.45) is 0.435. The fourth-order valence-electron chi connectivity index (χ4n) is 1.51. The maximum absolute atomic E-state index is 13.4. The number of aryl methyl sites for hydroxylation is 1. The van der Waals surface area contributed by atoms with Gasteiger partial charge in [-0.3, -0.25) is 0 Å². The van der Waals surface area contributed by atoms with Crippen LogP contribution in [0.5, 0.6) is 0 Å². The van der Waals surface area contributed by atoms with Crippen molar-refractivity contribution >= 4 is 21.9 Å². The molecule has 2 rings (SSSR count). The van der Waals surface area contributed by atoms with Gasteiger partial charge in [-0.2, -0.15) is 0 Å². The van der Waals surface area contributed by atoms with Gasteiger partial charge in [-0.1, -0.05) is 6.92 Å². The van der Waals surface area contributed by atoms with Gasteiger partial charge < -0.3 is 9.52 Å². The van der Waals surface area contributed by atoms with Crippen molar-refractivity contribution in [1.29, 1.82) is 0 Å². The summed E-state index contributed by atoms with van der Waals surface area (Å²) in [5, 5.41) is 8.94. The number of halogens is 2. The fourth-order valence-corrected chi connectivity index (χ4v) is 1.76. The average molecular weight is 314 g/mol. The number of carboxylic acid groups (broad SMARTS) is 1. The van der Waals surface area contributed by atoms with Crippen molar-refractivity contribution in [2.45, 2.75) is 13.3 Å². The standard InChI is InChI=1S/C12H9BrFNO3/c1-2-9-10(12(16)17)18-11(15-9)6-3-4-7(13)8(14)5-6/h3-5H,2H2,1H3,(H,16,17). The minimum Gasteiger partial charge on any atom is -0.475 e. The Balaban J connectivity index is 2.50. The zero-order valence-corrected chi connectivity index (χ0v) is 11.0. The Morgan fingerprint density at radius 1 is 1.56 bits per heavy atom. The van der Waals surface area contributed by atoms with Crippen LogP contribution in [0.3, 0.4) is 0 Å². The summed E-state index contributed by atoms with van der Waals surface area (Å²) in [4.78, 5) is 15.0. The van der Waals surface area contributed by atoms with Crippen LogP contribution in [-0.4, -0.2) is 16.1 Å². The molecule has 0 radical (unpaired) electrons. The fraction of sp³-hybridized carbons (Fsp3) is 0.167. The molecule has 1 aromatic heterocycles. The maximum Gasteiger partial charge on any atom is 0.373 e. The predicted octanol–water partition coefficient (Wildman–Crippen LogP) is 3.50. The molecular weight excluding hydrogens is 305 g/mol. The highest BCUT2D eigenvalue weighted by Gasteiger charge is 2.19. The lowest BCUT2D eigenvalue weighted by molar-refractivity contribution is 0.0662. The summed E-state index contributed by atoms with van der Waals surface area (Å²) in [6.45, 7) is 1.77. The average Bonchev–Trinajstić information content (AvgIpc) is 2.77. The minimum absolute atomic E-state index is 0.107. The molecule has 0 atom stereocenters. The first-order valence-corrected chi connectivity index (χ1v) is 6.00. The van der Waals surface area contributed by atoms with Gasteiger partial charge in [0.05, 0.1) is 10.2 Å². The van der Waals surface area contributed by atoms with E-state index in [1.54, 1.807) is 13.0 Å². The van der Waals surface area contributed by atoms with Crippen molar-refractivity contribution in [3.63, 3.8) is 0 Å². The Kier molecular flexibility index (Phi) is 3.47. The van der Waals surface area contributed by atoms with Crippen LogP contribution in [0.2, 0.25) is 0 Å². The van der Waals surface area contributed by atoms with Crippen molar-refractivity contribution in [2.24, 2.45) is 0 Å². The van der Waals surface area contributed by atoms with E-state index in [-0.39, 0.29) is 11.7 Å². The molecule has 1 aromatic carbocycles. The molecule has 0 saturated heterocycles. The van der Waals surface area contributed by atoms with Gasteiger partial charge in [0.15, 0.2) is 0 Å². The Hall–Kier alpha value is -1.69. The van der Waals surface area contributed by atoms with Crippen molar-refractivity contribution in [1.82, 2.24) is 4.98 Å². The monoisotopic (exact) mass is 313 g/mol. The molecule has 0 aliphatic carbocycles. The summed E-state index contributed by atoms with van der Waals surface area (Å²) in [7, 11) is 0. The first kappa shape index (κ1) is 12.8. The van der Waals surface area contributed by atoms with Crippen LogP contribution in [0, 0.1) is 5.82 Å². The second-order valence-electron chi connectivity index (χ2n) is 3.58. The number of aromatic carboxylic acids is 1. The lowest BCUT2D eigenvalue weighted by Gasteiger charge is -1.97.